The fourth-order valence-electron chi connectivity index (χ4n) is 2.17. The van der Waals surface area contributed by atoms with Crippen LogP contribution in [0.4, 0.5) is 10.5 Å². The van der Waals surface area contributed by atoms with E-state index in [0.29, 0.717) is 0 Å². The van der Waals surface area contributed by atoms with Crippen molar-refractivity contribution >= 4 is 35.8 Å². The highest BCUT2D eigenvalue weighted by Crippen LogP contribution is 2.51. The normalized spacial score (nSPS) is 12.5. The molecule has 2 N–H and O–H groups in total. The summed E-state index contributed by atoms with van der Waals surface area (Å²) >= 11 is 0. The molecule has 0 fully saturated rings. The molecule has 0 heterocycles. The lowest BCUT2D eigenvalue weighted by Gasteiger charge is -2.23. The summed E-state index contributed by atoms with van der Waals surface area (Å²) in [6.45, 7) is 12.9. The smallest absolute Gasteiger partial charge is 0.445 e. The van der Waals surface area contributed by atoms with Crippen LogP contribution in [0, 0.1) is 10.1 Å². The lowest BCUT2D eigenvalue weighted by Crippen LogP contribution is -2.23. The molecule has 0 aliphatic carbocycles. The number of primary amides is 1. The maximum Gasteiger partial charge on any atom is 0.530 e. The number of nitro benzene ring substituents is 1. The molecule has 10 nitrogen and oxygen atoms in total. The van der Waals surface area contributed by atoms with E-state index in [1.165, 1.54) is 12.1 Å². The molecule has 176 valence electrons. The number of non-ortho nitro benzene ring substituents is 1. The van der Waals surface area contributed by atoms with E-state index in [9.17, 15) is 19.5 Å². The maximum atomic E-state index is 13.4. The number of carbonyl (C=O) groups excluding carboxylic acids is 1. The first-order valence-corrected chi connectivity index (χ1v) is 18.8. The van der Waals surface area contributed by atoms with E-state index < -0.39 is 41.6 Å². The lowest BCUT2D eigenvalue weighted by atomic mass is 10.2. The Kier molecular flexibility index (Phi) is 9.89. The van der Waals surface area contributed by atoms with Gasteiger partial charge < -0.3 is 15.0 Å². The van der Waals surface area contributed by atoms with Gasteiger partial charge in [0.15, 0.2) is 0 Å². The molecule has 0 saturated heterocycles. The minimum atomic E-state index is -4.02. The molecule has 0 bridgehead atoms. The Morgan fingerprint density at radius 3 is 2.00 bits per heavy atom. The largest absolute Gasteiger partial charge is 0.530 e. The fourth-order valence-corrected chi connectivity index (χ4v) is 5.17. The molecule has 31 heavy (non-hydrogen) atoms. The molecule has 0 saturated carbocycles. The van der Waals surface area contributed by atoms with Crippen molar-refractivity contribution in [3.05, 3.63) is 33.9 Å². The molecule has 0 aliphatic heterocycles. The minimum Gasteiger partial charge on any atom is -0.445 e. The third kappa shape index (κ3) is 11.5. The zero-order valence-corrected chi connectivity index (χ0v) is 21.9. The third-order valence-electron chi connectivity index (χ3n) is 4.04. The van der Waals surface area contributed by atoms with E-state index in [1.54, 1.807) is 0 Å². The van der Waals surface area contributed by atoms with Crippen LogP contribution in [0.2, 0.25) is 51.4 Å². The average molecular weight is 493 g/mol. The second-order valence-corrected chi connectivity index (χ2v) is 22.3. The van der Waals surface area contributed by atoms with Gasteiger partial charge in [0.2, 0.25) is 0 Å². The van der Waals surface area contributed by atoms with Gasteiger partial charge in [0.05, 0.1) is 18.1 Å². The van der Waals surface area contributed by atoms with Gasteiger partial charge in [0.1, 0.15) is 12.4 Å². The highest BCUT2D eigenvalue weighted by Gasteiger charge is 2.32. The number of hydrogen-bond acceptors (Lipinski definition) is 8. The van der Waals surface area contributed by atoms with E-state index in [2.05, 4.69) is 39.3 Å². The van der Waals surface area contributed by atoms with Crippen LogP contribution in [-0.4, -0.2) is 40.4 Å². The second kappa shape index (κ2) is 11.2. The standard InChI is InChI=1S/C18H33N2O8PSi2/c1-30(2,3)11-9-26-29(24,27-10-12-31(4,5)6)28-17-8-7-16(20(22)23)13-15(17)14-25-18(19)21/h7-8,13H,9-12,14H2,1-6H3,(H2,19,21). The summed E-state index contributed by atoms with van der Waals surface area (Å²) in [7, 11) is -6.95. The number of nitro groups is 1. The van der Waals surface area contributed by atoms with Gasteiger partial charge in [-0.2, -0.15) is 0 Å². The van der Waals surface area contributed by atoms with Crippen molar-refractivity contribution in [2.75, 3.05) is 13.2 Å². The van der Waals surface area contributed by atoms with Gasteiger partial charge in [0, 0.05) is 33.8 Å². The molecule has 0 unspecified atom stereocenters. The van der Waals surface area contributed by atoms with E-state index in [1.807, 2.05) is 0 Å². The van der Waals surface area contributed by atoms with Crippen LogP contribution in [0.1, 0.15) is 5.56 Å². The van der Waals surface area contributed by atoms with Crippen LogP contribution < -0.4 is 10.3 Å². The fraction of sp³-hybridized carbons (Fsp3) is 0.611. The van der Waals surface area contributed by atoms with Crippen LogP contribution in [0.3, 0.4) is 0 Å². The number of rotatable bonds is 13. The van der Waals surface area contributed by atoms with Crippen molar-refractivity contribution in [3.8, 4) is 5.75 Å². The summed E-state index contributed by atoms with van der Waals surface area (Å²) in [5.74, 6) is -0.00353. The SMILES string of the molecule is C[Si](C)(C)CCOP(=O)(OCC[Si](C)(C)C)Oc1ccc([N+](=O)[O-])cc1COC(N)=O. The molecule has 0 radical (unpaired) electrons. The predicted molar refractivity (Wildman–Crippen MR) is 124 cm³/mol. The van der Waals surface area contributed by atoms with Crippen LogP contribution in [0.15, 0.2) is 18.2 Å². The topological polar surface area (TPSA) is 140 Å². The molecule has 1 aromatic carbocycles. The molecule has 1 rings (SSSR count). The Morgan fingerprint density at radius 2 is 1.58 bits per heavy atom. The Morgan fingerprint density at radius 1 is 1.06 bits per heavy atom. The van der Waals surface area contributed by atoms with Gasteiger partial charge >= 0.3 is 13.9 Å². The number of nitrogens with two attached hydrogens (primary N) is 1. The number of ether oxygens (including phenoxy) is 1. The Bertz CT molecular complexity index is 800. The van der Waals surface area contributed by atoms with E-state index in [0.717, 1.165) is 18.2 Å². The number of phosphoric ester groups is 1. The molecular weight excluding hydrogens is 459 g/mol. The number of phosphoric acid groups is 1. The summed E-state index contributed by atoms with van der Waals surface area (Å²) in [5, 5.41) is 11.1. The Labute approximate surface area is 185 Å². The maximum absolute atomic E-state index is 13.4. The summed E-state index contributed by atoms with van der Waals surface area (Å²) in [4.78, 5) is 21.5. The first-order chi connectivity index (χ1) is 14.1. The number of amides is 1. The summed E-state index contributed by atoms with van der Waals surface area (Å²) in [6, 6.07) is 5.11. The minimum absolute atomic E-state index is 0.00353. The van der Waals surface area contributed by atoms with Gasteiger partial charge in [-0.3, -0.25) is 19.2 Å². The monoisotopic (exact) mass is 492 g/mol. The molecule has 1 aromatic rings. The van der Waals surface area contributed by atoms with Gasteiger partial charge in [-0.25, -0.2) is 9.36 Å². The number of carbonyl (C=O) groups is 1. The molecule has 13 heteroatoms. The lowest BCUT2D eigenvalue weighted by molar-refractivity contribution is -0.385. The van der Waals surface area contributed by atoms with Gasteiger partial charge in [-0.1, -0.05) is 39.3 Å². The Balaban J connectivity index is 3.12. The molecule has 1 amide bonds. The summed E-state index contributed by atoms with van der Waals surface area (Å²) in [5.41, 5.74) is 4.87. The molecule has 0 aromatic heterocycles. The van der Waals surface area contributed by atoms with Crippen molar-refractivity contribution in [3.63, 3.8) is 0 Å². The highest BCUT2D eigenvalue weighted by atomic mass is 31.2. The summed E-state index contributed by atoms with van der Waals surface area (Å²) < 4.78 is 34.9. The van der Waals surface area contributed by atoms with E-state index in [4.69, 9.17) is 24.0 Å². The summed E-state index contributed by atoms with van der Waals surface area (Å²) in [6.07, 6.45) is -1.06. The van der Waals surface area contributed by atoms with Crippen LogP contribution in [0.5, 0.6) is 5.75 Å². The molecule has 0 spiro atoms. The number of benzene rings is 1. The average Bonchev–Trinajstić information content (AvgIpc) is 2.58. The Hall–Kier alpha value is -1.73. The van der Waals surface area contributed by atoms with Gasteiger partial charge in [0.25, 0.3) is 5.69 Å². The number of hydrogen-bond donors (Lipinski definition) is 1. The first-order valence-electron chi connectivity index (χ1n) is 9.88. The molecule has 0 aliphatic rings. The van der Waals surface area contributed by atoms with Crippen LogP contribution in [-0.2, 0) is 25.0 Å². The van der Waals surface area contributed by atoms with E-state index in [-0.39, 0.29) is 30.2 Å². The van der Waals surface area contributed by atoms with Crippen LogP contribution >= 0.6 is 7.82 Å². The van der Waals surface area contributed by atoms with Crippen molar-refractivity contribution in [2.45, 2.75) is 58.0 Å². The molecule has 0 atom stereocenters. The second-order valence-electron chi connectivity index (χ2n) is 9.48. The molecular formula is C18H33N2O8PSi2. The van der Waals surface area contributed by atoms with Gasteiger partial charge in [-0.05, 0) is 18.2 Å². The first kappa shape index (κ1) is 27.3. The van der Waals surface area contributed by atoms with E-state index >= 15 is 0 Å². The van der Waals surface area contributed by atoms with Crippen molar-refractivity contribution in [1.29, 1.82) is 0 Å². The quantitative estimate of drug-likeness (QED) is 0.167. The predicted octanol–water partition coefficient (Wildman–Crippen LogP) is 5.39. The highest BCUT2D eigenvalue weighted by molar-refractivity contribution is 7.49. The van der Waals surface area contributed by atoms with Crippen molar-refractivity contribution < 1.29 is 32.6 Å². The van der Waals surface area contributed by atoms with Crippen molar-refractivity contribution in [2.24, 2.45) is 5.73 Å². The third-order valence-corrected chi connectivity index (χ3v) is 8.86. The van der Waals surface area contributed by atoms with Crippen LogP contribution in [0.25, 0.3) is 0 Å². The van der Waals surface area contributed by atoms with Crippen molar-refractivity contribution in [1.82, 2.24) is 0 Å². The number of nitrogens with zero attached hydrogens (tertiary/aromatic N) is 1. The zero-order valence-electron chi connectivity index (χ0n) is 19.0. The zero-order chi connectivity index (χ0) is 23.9. The van der Waals surface area contributed by atoms with Gasteiger partial charge in [-0.15, -0.1) is 0 Å².